The number of carbonyl (C=O) groups excluding carboxylic acids is 1. The molecule has 0 saturated carbocycles. The number of aliphatic hydroxyl groups is 1. The van der Waals surface area contributed by atoms with Crippen molar-refractivity contribution in [1.82, 2.24) is 9.21 Å². The van der Waals surface area contributed by atoms with E-state index in [0.717, 1.165) is 22.0 Å². The molecule has 2 N–H and O–H groups in total. The first-order chi connectivity index (χ1) is 20.2. The van der Waals surface area contributed by atoms with E-state index >= 15 is 0 Å². The summed E-state index contributed by atoms with van der Waals surface area (Å²) in [5.41, 5.74) is 1.53. The van der Waals surface area contributed by atoms with Crippen LogP contribution in [-0.4, -0.2) is 75.9 Å². The zero-order chi connectivity index (χ0) is 31.5. The normalized spacial score (nSPS) is 18.7. The van der Waals surface area contributed by atoms with Crippen molar-refractivity contribution in [3.8, 4) is 5.75 Å². The van der Waals surface area contributed by atoms with Crippen molar-refractivity contribution in [1.29, 1.82) is 0 Å². The number of nitrogens with zero attached hydrogens (tertiary/aromatic N) is 2. The molecule has 43 heavy (non-hydrogen) atoms. The number of rotatable bonds is 9. The first-order valence-corrected chi connectivity index (χ1v) is 16.6. The predicted octanol–water partition coefficient (Wildman–Crippen LogP) is 3.40. The fourth-order valence-corrected chi connectivity index (χ4v) is 7.01. The number of hydrogen-bond donors (Lipinski definition) is 2. The van der Waals surface area contributed by atoms with Crippen molar-refractivity contribution in [2.75, 3.05) is 31.5 Å². The van der Waals surface area contributed by atoms with Gasteiger partial charge in [0, 0.05) is 30.8 Å². The monoisotopic (exact) mass is 633 g/mol. The summed E-state index contributed by atoms with van der Waals surface area (Å²) in [5, 5.41) is 9.86. The summed E-state index contributed by atoms with van der Waals surface area (Å²) < 4.78 is 76.0. The Kier molecular flexibility index (Phi) is 9.79. The fraction of sp³-hybridized carbons (Fsp3) is 0.367. The van der Waals surface area contributed by atoms with E-state index in [-0.39, 0.29) is 53.4 Å². The van der Waals surface area contributed by atoms with Crippen molar-refractivity contribution >= 4 is 31.6 Å². The van der Waals surface area contributed by atoms with Crippen LogP contribution in [0.15, 0.2) is 76.5 Å². The molecule has 232 valence electrons. The molecule has 0 bridgehead atoms. The van der Waals surface area contributed by atoms with Gasteiger partial charge in [-0.3, -0.25) is 9.52 Å². The van der Waals surface area contributed by atoms with E-state index in [1.807, 2.05) is 13.8 Å². The Morgan fingerprint density at radius 3 is 2.30 bits per heavy atom. The second kappa shape index (κ2) is 13.0. The smallest absolute Gasteiger partial charge is 0.261 e. The van der Waals surface area contributed by atoms with Gasteiger partial charge >= 0.3 is 0 Å². The van der Waals surface area contributed by atoms with Gasteiger partial charge in [0.15, 0.2) is 0 Å². The molecule has 0 fully saturated rings. The van der Waals surface area contributed by atoms with E-state index < -0.39 is 38.0 Å². The Bertz CT molecular complexity index is 1660. The van der Waals surface area contributed by atoms with Gasteiger partial charge in [0.2, 0.25) is 15.9 Å². The first kappa shape index (κ1) is 32.4. The second-order valence-electron chi connectivity index (χ2n) is 10.9. The van der Waals surface area contributed by atoms with Crippen molar-refractivity contribution in [3.05, 3.63) is 83.7 Å². The van der Waals surface area contributed by atoms with Crippen molar-refractivity contribution < 1.29 is 35.9 Å². The Hall–Kier alpha value is -3.52. The number of sulfonamides is 2. The van der Waals surface area contributed by atoms with Crippen LogP contribution in [0, 0.1) is 18.7 Å². The summed E-state index contributed by atoms with van der Waals surface area (Å²) in [5.74, 6) is -0.941. The average molecular weight is 634 g/mol. The molecule has 13 heteroatoms. The number of hydrogen-bond acceptors (Lipinski definition) is 7. The van der Waals surface area contributed by atoms with E-state index in [2.05, 4.69) is 4.72 Å². The Morgan fingerprint density at radius 1 is 1.05 bits per heavy atom. The molecule has 10 nitrogen and oxygen atoms in total. The van der Waals surface area contributed by atoms with Gasteiger partial charge in [0.25, 0.3) is 10.0 Å². The summed E-state index contributed by atoms with van der Waals surface area (Å²) in [6.07, 6.45) is -0.878. The lowest BCUT2D eigenvalue weighted by Crippen LogP contribution is -2.48. The van der Waals surface area contributed by atoms with Crippen molar-refractivity contribution in [2.45, 2.75) is 49.1 Å². The van der Waals surface area contributed by atoms with Crippen LogP contribution in [0.1, 0.15) is 25.0 Å². The van der Waals surface area contributed by atoms with E-state index in [9.17, 15) is 31.1 Å². The number of aryl methyl sites for hydroxylation is 1. The van der Waals surface area contributed by atoms with Crippen LogP contribution in [0.4, 0.5) is 10.1 Å². The maximum absolute atomic E-state index is 13.5. The second-order valence-corrected chi connectivity index (χ2v) is 14.6. The Balaban J connectivity index is 1.68. The van der Waals surface area contributed by atoms with Gasteiger partial charge in [-0.1, -0.05) is 24.6 Å². The van der Waals surface area contributed by atoms with Gasteiger partial charge in [0.1, 0.15) is 17.7 Å². The quantitative estimate of drug-likeness (QED) is 0.369. The molecule has 0 saturated heterocycles. The molecule has 0 unspecified atom stereocenters. The zero-order valence-corrected chi connectivity index (χ0v) is 26.0. The molecule has 1 heterocycles. The molecule has 1 aliphatic heterocycles. The van der Waals surface area contributed by atoms with E-state index in [0.29, 0.717) is 11.3 Å². The van der Waals surface area contributed by atoms with E-state index in [4.69, 9.17) is 4.74 Å². The molecule has 3 aromatic rings. The molecule has 0 aliphatic carbocycles. The summed E-state index contributed by atoms with van der Waals surface area (Å²) in [7, 11) is -6.52. The molecule has 3 aromatic carbocycles. The van der Waals surface area contributed by atoms with Crippen LogP contribution in [0.5, 0.6) is 5.75 Å². The first-order valence-electron chi connectivity index (χ1n) is 13.7. The van der Waals surface area contributed by atoms with Gasteiger partial charge in [-0.15, -0.1) is 0 Å². The minimum atomic E-state index is -4.00. The number of amides is 1. The van der Waals surface area contributed by atoms with Gasteiger partial charge in [-0.25, -0.2) is 21.2 Å². The number of aliphatic hydroxyl groups excluding tert-OH is 1. The van der Waals surface area contributed by atoms with Crippen LogP contribution in [-0.2, 0) is 31.3 Å². The molecule has 3 atom stereocenters. The van der Waals surface area contributed by atoms with Crippen molar-refractivity contribution in [2.24, 2.45) is 5.92 Å². The SMILES string of the molecule is Cc1ccc(S(=O)(=O)Nc2ccc3c(c2)CC(=O)N([C@@H](C)CO)C[C@@H](C)[C@H](CN(C)S(=O)(=O)c2ccc(F)cc2)O3)cc1. The molecule has 1 amide bonds. The number of likely N-dealkylation sites (N-methyl/N-ethyl adjacent to an activating group) is 1. The number of benzene rings is 3. The van der Waals surface area contributed by atoms with Crippen LogP contribution in [0.2, 0.25) is 0 Å². The lowest BCUT2D eigenvalue weighted by Gasteiger charge is -2.33. The highest BCUT2D eigenvalue weighted by atomic mass is 32.2. The number of fused-ring (bicyclic) bond motifs is 1. The van der Waals surface area contributed by atoms with E-state index in [1.54, 1.807) is 25.1 Å². The lowest BCUT2D eigenvalue weighted by atomic mass is 10.0. The summed E-state index contributed by atoms with van der Waals surface area (Å²) in [6.45, 7) is 5.17. The van der Waals surface area contributed by atoms with Gasteiger partial charge in [-0.05, 0) is 68.4 Å². The maximum Gasteiger partial charge on any atom is 0.261 e. The molecule has 1 aliphatic rings. The molecule has 4 rings (SSSR count). The van der Waals surface area contributed by atoms with E-state index in [1.165, 1.54) is 48.3 Å². The third-order valence-corrected chi connectivity index (χ3v) is 10.7. The zero-order valence-electron chi connectivity index (χ0n) is 24.4. The maximum atomic E-state index is 13.5. The topological polar surface area (TPSA) is 133 Å². The highest BCUT2D eigenvalue weighted by molar-refractivity contribution is 7.92. The number of carbonyl (C=O) groups is 1. The predicted molar refractivity (Wildman–Crippen MR) is 160 cm³/mol. The van der Waals surface area contributed by atoms with Crippen LogP contribution in [0.3, 0.4) is 0 Å². The average Bonchev–Trinajstić information content (AvgIpc) is 3.00. The van der Waals surface area contributed by atoms with Gasteiger partial charge in [0.05, 0.1) is 35.4 Å². The largest absolute Gasteiger partial charge is 0.488 e. The molecular formula is C30H36FN3O7S2. The van der Waals surface area contributed by atoms with Crippen LogP contribution < -0.4 is 9.46 Å². The minimum Gasteiger partial charge on any atom is -0.488 e. The summed E-state index contributed by atoms with van der Waals surface area (Å²) >= 11 is 0. The highest BCUT2D eigenvalue weighted by Crippen LogP contribution is 2.30. The van der Waals surface area contributed by atoms with Crippen LogP contribution >= 0.6 is 0 Å². The molecule has 0 spiro atoms. The minimum absolute atomic E-state index is 0.0798. The van der Waals surface area contributed by atoms with Crippen LogP contribution in [0.25, 0.3) is 0 Å². The number of anilines is 1. The fourth-order valence-electron chi connectivity index (χ4n) is 4.78. The Labute approximate surface area is 252 Å². The number of ether oxygens (including phenoxy) is 1. The third kappa shape index (κ3) is 7.53. The third-order valence-electron chi connectivity index (χ3n) is 7.46. The Morgan fingerprint density at radius 2 is 1.67 bits per heavy atom. The number of nitrogens with one attached hydrogen (secondary N) is 1. The molecule has 0 aromatic heterocycles. The molecule has 0 radical (unpaired) electrons. The van der Waals surface area contributed by atoms with Gasteiger partial charge < -0.3 is 14.7 Å². The highest BCUT2D eigenvalue weighted by Gasteiger charge is 2.33. The van der Waals surface area contributed by atoms with Crippen molar-refractivity contribution in [3.63, 3.8) is 0 Å². The summed E-state index contributed by atoms with van der Waals surface area (Å²) in [4.78, 5) is 15.0. The molecular weight excluding hydrogens is 597 g/mol. The lowest BCUT2D eigenvalue weighted by molar-refractivity contribution is -0.134. The standard InChI is InChI=1S/C30H36FN3O7S2/c1-20-5-10-26(11-6-20)42(37,38)32-25-9-14-28-23(15-25)16-30(36)34(22(3)19-35)17-21(2)29(41-28)18-33(4)43(39,40)27-12-7-24(31)8-13-27/h5-15,21-22,29,32,35H,16-19H2,1-4H3/t21-,22+,29+/m1/s1. The number of halogens is 1. The summed E-state index contributed by atoms with van der Waals surface area (Å²) in [6, 6.07) is 15.0. The van der Waals surface area contributed by atoms with Gasteiger partial charge in [-0.2, -0.15) is 4.31 Å².